The van der Waals surface area contributed by atoms with Gasteiger partial charge in [0.2, 0.25) is 5.91 Å². The molecule has 7 nitrogen and oxygen atoms in total. The number of carbonyl (C=O) groups excluding carboxylic acids is 3. The number of aromatic nitrogens is 1. The largest absolute Gasteiger partial charge is 0.494 e. The summed E-state index contributed by atoms with van der Waals surface area (Å²) in [5.74, 6) is -0.216. The molecule has 1 saturated heterocycles. The summed E-state index contributed by atoms with van der Waals surface area (Å²) in [5.41, 5.74) is 5.77. The number of hydrogen-bond acceptors (Lipinski definition) is 5. The molecule has 0 saturated carbocycles. The van der Waals surface area contributed by atoms with Gasteiger partial charge in [-0.3, -0.25) is 19.3 Å². The van der Waals surface area contributed by atoms with Crippen molar-refractivity contribution in [1.29, 1.82) is 0 Å². The lowest BCUT2D eigenvalue weighted by Crippen LogP contribution is -2.36. The molecular weight excluding hydrogens is 474 g/mol. The van der Waals surface area contributed by atoms with Crippen LogP contribution in [0.4, 0.5) is 10.5 Å². The summed E-state index contributed by atoms with van der Waals surface area (Å²) < 4.78 is 7.56. The fourth-order valence-corrected chi connectivity index (χ4v) is 5.08. The molecule has 1 aliphatic rings. The number of thioether (sulfide) groups is 1. The van der Waals surface area contributed by atoms with Gasteiger partial charge in [-0.2, -0.15) is 0 Å². The summed E-state index contributed by atoms with van der Waals surface area (Å²) in [5, 5.41) is 2.26. The third kappa shape index (κ3) is 5.23. The molecule has 0 bridgehead atoms. The van der Waals surface area contributed by atoms with Crippen molar-refractivity contribution in [2.75, 3.05) is 18.5 Å². The molecule has 186 valence electrons. The third-order valence-corrected chi connectivity index (χ3v) is 6.90. The fourth-order valence-electron chi connectivity index (χ4n) is 4.26. The highest BCUT2D eigenvalue weighted by molar-refractivity contribution is 8.18. The number of aryl methyl sites for hydroxylation is 2. The second-order valence-corrected chi connectivity index (χ2v) is 9.41. The maximum Gasteiger partial charge on any atom is 0.294 e. The van der Waals surface area contributed by atoms with Gasteiger partial charge in [0.1, 0.15) is 12.3 Å². The van der Waals surface area contributed by atoms with Crippen molar-refractivity contribution in [3.8, 4) is 11.4 Å². The van der Waals surface area contributed by atoms with Gasteiger partial charge in [-0.15, -0.1) is 0 Å². The maximum absolute atomic E-state index is 13.0. The smallest absolute Gasteiger partial charge is 0.294 e. The highest BCUT2D eigenvalue weighted by Crippen LogP contribution is 2.34. The summed E-state index contributed by atoms with van der Waals surface area (Å²) in [6.07, 6.45) is 2.64. The molecule has 0 atom stereocenters. The van der Waals surface area contributed by atoms with Gasteiger partial charge in [-0.1, -0.05) is 25.1 Å². The molecule has 0 radical (unpaired) electrons. The van der Waals surface area contributed by atoms with E-state index in [0.717, 1.165) is 45.7 Å². The van der Waals surface area contributed by atoms with Crippen LogP contribution in [-0.4, -0.2) is 39.7 Å². The van der Waals surface area contributed by atoms with Crippen LogP contribution >= 0.6 is 11.8 Å². The van der Waals surface area contributed by atoms with E-state index in [0.29, 0.717) is 22.9 Å². The van der Waals surface area contributed by atoms with Gasteiger partial charge in [0.25, 0.3) is 11.1 Å². The Labute approximate surface area is 215 Å². The molecule has 1 N–H and O–H groups in total. The highest BCUT2D eigenvalue weighted by atomic mass is 32.2. The predicted octanol–water partition coefficient (Wildman–Crippen LogP) is 5.73. The molecule has 36 heavy (non-hydrogen) atoms. The van der Waals surface area contributed by atoms with Crippen molar-refractivity contribution in [2.45, 2.75) is 34.1 Å². The number of anilines is 1. The van der Waals surface area contributed by atoms with Gasteiger partial charge in [-0.05, 0) is 92.6 Å². The maximum atomic E-state index is 13.0. The van der Waals surface area contributed by atoms with Crippen molar-refractivity contribution in [1.82, 2.24) is 9.47 Å². The Kier molecular flexibility index (Phi) is 7.64. The quantitative estimate of drug-likeness (QED) is 0.397. The number of amides is 3. The van der Waals surface area contributed by atoms with Crippen LogP contribution in [0.2, 0.25) is 0 Å². The van der Waals surface area contributed by atoms with E-state index in [2.05, 4.69) is 28.9 Å². The standard InChI is InChI=1S/C28H29N3O4S/c1-5-20-9-7-8-10-24(20)31-18(3)15-21(19(31)4)16-25-27(33)30(28(34)36-25)17-26(32)29-22-11-13-23(14-12-22)35-6-2/h7-16H,5-6,17H2,1-4H3,(H,29,32)/b25-16-. The molecule has 0 unspecified atom stereocenters. The van der Waals surface area contributed by atoms with Crippen LogP contribution in [0.5, 0.6) is 5.75 Å². The molecule has 3 aromatic rings. The van der Waals surface area contributed by atoms with E-state index < -0.39 is 17.1 Å². The van der Waals surface area contributed by atoms with Crippen LogP contribution in [0.15, 0.2) is 59.5 Å². The molecule has 2 heterocycles. The monoisotopic (exact) mass is 503 g/mol. The van der Waals surface area contributed by atoms with E-state index in [1.54, 1.807) is 30.3 Å². The Bertz CT molecular complexity index is 1340. The van der Waals surface area contributed by atoms with Crippen molar-refractivity contribution in [2.24, 2.45) is 0 Å². The zero-order valence-electron chi connectivity index (χ0n) is 20.8. The zero-order chi connectivity index (χ0) is 25.8. The first-order valence-electron chi connectivity index (χ1n) is 11.9. The van der Waals surface area contributed by atoms with Crippen molar-refractivity contribution < 1.29 is 19.1 Å². The van der Waals surface area contributed by atoms with E-state index >= 15 is 0 Å². The Morgan fingerprint density at radius 1 is 1.06 bits per heavy atom. The Hall–Kier alpha value is -3.78. The number of benzene rings is 2. The molecule has 1 aliphatic heterocycles. The van der Waals surface area contributed by atoms with E-state index in [1.807, 2.05) is 39.0 Å². The number of para-hydroxylation sites is 1. The molecule has 0 aliphatic carbocycles. The predicted molar refractivity (Wildman–Crippen MR) is 144 cm³/mol. The van der Waals surface area contributed by atoms with E-state index in [9.17, 15) is 14.4 Å². The first kappa shape index (κ1) is 25.3. The first-order chi connectivity index (χ1) is 17.3. The minimum absolute atomic E-state index is 0.304. The lowest BCUT2D eigenvalue weighted by atomic mass is 10.1. The minimum atomic E-state index is -0.467. The van der Waals surface area contributed by atoms with Gasteiger partial charge >= 0.3 is 0 Å². The minimum Gasteiger partial charge on any atom is -0.494 e. The lowest BCUT2D eigenvalue weighted by Gasteiger charge is -2.14. The van der Waals surface area contributed by atoms with Crippen LogP contribution in [0, 0.1) is 13.8 Å². The Morgan fingerprint density at radius 3 is 2.47 bits per heavy atom. The number of rotatable bonds is 8. The summed E-state index contributed by atoms with van der Waals surface area (Å²) in [6.45, 7) is 8.24. The van der Waals surface area contributed by atoms with Crippen LogP contribution in [0.3, 0.4) is 0 Å². The average molecular weight is 504 g/mol. The molecule has 3 amide bonds. The van der Waals surface area contributed by atoms with Crippen LogP contribution in [-0.2, 0) is 16.0 Å². The van der Waals surface area contributed by atoms with Crippen LogP contribution in [0.1, 0.15) is 36.4 Å². The Morgan fingerprint density at radius 2 is 1.78 bits per heavy atom. The van der Waals surface area contributed by atoms with E-state index in [1.165, 1.54) is 5.56 Å². The number of ether oxygens (including phenoxy) is 1. The number of hydrogen-bond donors (Lipinski definition) is 1. The molecule has 1 fully saturated rings. The second kappa shape index (κ2) is 10.9. The molecule has 2 aromatic carbocycles. The van der Waals surface area contributed by atoms with Gasteiger partial charge < -0.3 is 14.6 Å². The third-order valence-electron chi connectivity index (χ3n) is 5.99. The highest BCUT2D eigenvalue weighted by Gasteiger charge is 2.36. The molecule has 4 rings (SSSR count). The number of nitrogens with one attached hydrogen (secondary N) is 1. The van der Waals surface area contributed by atoms with Gasteiger partial charge in [-0.25, -0.2) is 0 Å². The molecular formula is C28H29N3O4S. The van der Waals surface area contributed by atoms with Gasteiger partial charge in [0.15, 0.2) is 0 Å². The zero-order valence-corrected chi connectivity index (χ0v) is 21.6. The van der Waals surface area contributed by atoms with E-state index in [-0.39, 0.29) is 6.54 Å². The normalized spacial score (nSPS) is 14.6. The van der Waals surface area contributed by atoms with E-state index in [4.69, 9.17) is 4.74 Å². The molecule has 1 aromatic heterocycles. The summed E-state index contributed by atoms with van der Waals surface area (Å²) >= 11 is 0.852. The van der Waals surface area contributed by atoms with Gasteiger partial charge in [0.05, 0.1) is 11.5 Å². The van der Waals surface area contributed by atoms with Crippen molar-refractivity contribution >= 4 is 40.6 Å². The number of imide groups is 1. The van der Waals surface area contributed by atoms with Crippen LogP contribution in [0.25, 0.3) is 11.8 Å². The number of nitrogens with zero attached hydrogens (tertiary/aromatic N) is 2. The lowest BCUT2D eigenvalue weighted by molar-refractivity contribution is -0.127. The average Bonchev–Trinajstić information content (AvgIpc) is 3.29. The Balaban J connectivity index is 1.50. The topological polar surface area (TPSA) is 80.6 Å². The molecule has 8 heteroatoms. The molecule has 0 spiro atoms. The first-order valence-corrected chi connectivity index (χ1v) is 12.7. The van der Waals surface area contributed by atoms with Crippen molar-refractivity contribution in [3.63, 3.8) is 0 Å². The number of carbonyl (C=O) groups is 3. The fraction of sp³-hybridized carbons (Fsp3) is 0.250. The second-order valence-electron chi connectivity index (χ2n) is 8.42. The SMILES string of the molecule is CCOc1ccc(NC(=O)CN2C(=O)S/C(=C\c3cc(C)n(-c4ccccc4CC)c3C)C2=O)cc1. The van der Waals surface area contributed by atoms with Crippen molar-refractivity contribution in [3.05, 3.63) is 82.0 Å². The van der Waals surface area contributed by atoms with Crippen LogP contribution < -0.4 is 10.1 Å². The summed E-state index contributed by atoms with van der Waals surface area (Å²) in [4.78, 5) is 39.4. The summed E-state index contributed by atoms with van der Waals surface area (Å²) in [6, 6.07) is 17.2. The van der Waals surface area contributed by atoms with Gasteiger partial charge in [0, 0.05) is 22.8 Å². The summed E-state index contributed by atoms with van der Waals surface area (Å²) in [7, 11) is 0.